The molecule has 0 aromatic carbocycles. The van der Waals surface area contributed by atoms with Crippen LogP contribution in [-0.2, 0) is 9.47 Å². The molecule has 1 N–H and O–H groups in total. The van der Waals surface area contributed by atoms with Crippen molar-refractivity contribution in [3.8, 4) is 0 Å². The van der Waals surface area contributed by atoms with Gasteiger partial charge in [0, 0.05) is 6.04 Å². The molecular formula is C10H19NO2. The van der Waals surface area contributed by atoms with Gasteiger partial charge < -0.3 is 14.8 Å². The molecule has 1 aliphatic carbocycles. The first-order valence-corrected chi connectivity index (χ1v) is 5.11. The Morgan fingerprint density at radius 3 is 2.23 bits per heavy atom. The quantitative estimate of drug-likeness (QED) is 0.699. The summed E-state index contributed by atoms with van der Waals surface area (Å²) in [5.41, 5.74) is 0. The molecule has 0 aromatic heterocycles. The van der Waals surface area contributed by atoms with E-state index in [1.54, 1.807) is 0 Å². The molecule has 0 aromatic rings. The first-order valence-electron chi connectivity index (χ1n) is 5.11. The lowest BCUT2D eigenvalue weighted by Gasteiger charge is -2.35. The predicted octanol–water partition coefficient (Wildman–Crippen LogP) is 1.14. The van der Waals surface area contributed by atoms with Gasteiger partial charge >= 0.3 is 0 Å². The van der Waals surface area contributed by atoms with Gasteiger partial charge in [-0.3, -0.25) is 0 Å². The van der Waals surface area contributed by atoms with Gasteiger partial charge in [0.2, 0.25) is 0 Å². The third-order valence-electron chi connectivity index (χ3n) is 2.82. The SMILES string of the molecule is CC1CC1NC1COC(C)(C)OC1. The molecule has 1 saturated carbocycles. The molecule has 13 heavy (non-hydrogen) atoms. The molecule has 3 nitrogen and oxygen atoms in total. The van der Waals surface area contributed by atoms with Crippen LogP contribution in [-0.4, -0.2) is 31.1 Å². The number of hydrogen-bond donors (Lipinski definition) is 1. The summed E-state index contributed by atoms with van der Waals surface area (Å²) in [6.45, 7) is 7.74. The molecule has 1 saturated heterocycles. The van der Waals surface area contributed by atoms with Crippen molar-refractivity contribution in [1.29, 1.82) is 0 Å². The number of nitrogens with one attached hydrogen (secondary N) is 1. The summed E-state index contributed by atoms with van der Waals surface area (Å²) in [7, 11) is 0. The average molecular weight is 185 g/mol. The molecule has 1 heterocycles. The van der Waals surface area contributed by atoms with Gasteiger partial charge in [-0.15, -0.1) is 0 Å². The Balaban J connectivity index is 1.72. The van der Waals surface area contributed by atoms with Gasteiger partial charge in [0.05, 0.1) is 19.3 Å². The van der Waals surface area contributed by atoms with Crippen molar-refractivity contribution in [2.24, 2.45) is 5.92 Å². The fourth-order valence-electron chi connectivity index (χ4n) is 1.65. The molecule has 0 spiro atoms. The van der Waals surface area contributed by atoms with Crippen LogP contribution in [0.15, 0.2) is 0 Å². The highest BCUT2D eigenvalue weighted by Gasteiger charge is 2.36. The standard InChI is InChI=1S/C10H19NO2/c1-7-4-9(7)11-8-5-12-10(2,3)13-6-8/h7-9,11H,4-6H2,1-3H3. The summed E-state index contributed by atoms with van der Waals surface area (Å²) >= 11 is 0. The van der Waals surface area contributed by atoms with E-state index < -0.39 is 0 Å². The molecule has 3 heteroatoms. The molecule has 1 aliphatic heterocycles. The summed E-state index contributed by atoms with van der Waals surface area (Å²) < 4.78 is 11.1. The van der Waals surface area contributed by atoms with Gasteiger partial charge in [-0.05, 0) is 26.2 Å². The zero-order valence-electron chi connectivity index (χ0n) is 8.67. The van der Waals surface area contributed by atoms with Crippen molar-refractivity contribution in [3.05, 3.63) is 0 Å². The molecule has 2 fully saturated rings. The Kier molecular flexibility index (Phi) is 2.34. The lowest BCUT2D eigenvalue weighted by molar-refractivity contribution is -0.253. The normalized spacial score (nSPS) is 39.0. The van der Waals surface area contributed by atoms with Gasteiger partial charge in [-0.2, -0.15) is 0 Å². The number of ether oxygens (including phenoxy) is 2. The van der Waals surface area contributed by atoms with Crippen molar-refractivity contribution in [2.45, 2.75) is 45.1 Å². The molecule has 2 aliphatic rings. The van der Waals surface area contributed by atoms with Crippen molar-refractivity contribution < 1.29 is 9.47 Å². The highest BCUT2D eigenvalue weighted by Crippen LogP contribution is 2.30. The van der Waals surface area contributed by atoms with Gasteiger partial charge in [-0.1, -0.05) is 6.92 Å². The maximum absolute atomic E-state index is 5.56. The molecule has 76 valence electrons. The van der Waals surface area contributed by atoms with E-state index in [9.17, 15) is 0 Å². The van der Waals surface area contributed by atoms with Gasteiger partial charge in [0.25, 0.3) is 0 Å². The lowest BCUT2D eigenvalue weighted by Crippen LogP contribution is -2.49. The van der Waals surface area contributed by atoms with E-state index in [2.05, 4.69) is 12.2 Å². The predicted molar refractivity (Wildman–Crippen MR) is 50.5 cm³/mol. The Morgan fingerprint density at radius 1 is 1.23 bits per heavy atom. The summed E-state index contributed by atoms with van der Waals surface area (Å²) in [6.07, 6.45) is 1.31. The van der Waals surface area contributed by atoms with E-state index in [0.29, 0.717) is 12.1 Å². The lowest BCUT2D eigenvalue weighted by atomic mass is 10.2. The molecule has 0 amide bonds. The molecule has 2 rings (SSSR count). The monoisotopic (exact) mass is 185 g/mol. The van der Waals surface area contributed by atoms with E-state index in [4.69, 9.17) is 9.47 Å². The van der Waals surface area contributed by atoms with Crippen molar-refractivity contribution >= 4 is 0 Å². The van der Waals surface area contributed by atoms with Crippen LogP contribution < -0.4 is 5.32 Å². The summed E-state index contributed by atoms with van der Waals surface area (Å²) in [6, 6.07) is 1.10. The minimum Gasteiger partial charge on any atom is -0.349 e. The molecular weight excluding hydrogens is 166 g/mol. The highest BCUT2D eigenvalue weighted by molar-refractivity contribution is 4.92. The summed E-state index contributed by atoms with van der Waals surface area (Å²) in [5.74, 6) is 0.461. The average Bonchev–Trinajstić information content (AvgIpc) is 2.72. The zero-order valence-corrected chi connectivity index (χ0v) is 8.67. The number of hydrogen-bond acceptors (Lipinski definition) is 3. The van der Waals surface area contributed by atoms with Crippen molar-refractivity contribution in [2.75, 3.05) is 13.2 Å². The molecule has 0 radical (unpaired) electrons. The van der Waals surface area contributed by atoms with Crippen LogP contribution in [0.2, 0.25) is 0 Å². The first-order chi connectivity index (χ1) is 6.07. The Bertz CT molecular complexity index is 183. The smallest absolute Gasteiger partial charge is 0.162 e. The fraction of sp³-hybridized carbons (Fsp3) is 1.00. The van der Waals surface area contributed by atoms with Gasteiger partial charge in [-0.25, -0.2) is 0 Å². The van der Waals surface area contributed by atoms with Gasteiger partial charge in [0.15, 0.2) is 5.79 Å². The molecule has 0 bridgehead atoms. The first kappa shape index (κ1) is 9.44. The van der Waals surface area contributed by atoms with Crippen LogP contribution in [0.1, 0.15) is 27.2 Å². The minimum atomic E-state index is -0.382. The largest absolute Gasteiger partial charge is 0.349 e. The highest BCUT2D eigenvalue weighted by atomic mass is 16.7. The fourth-order valence-corrected chi connectivity index (χ4v) is 1.65. The zero-order chi connectivity index (χ0) is 9.47. The minimum absolute atomic E-state index is 0.382. The van der Waals surface area contributed by atoms with E-state index in [0.717, 1.165) is 19.1 Å². The molecule has 2 unspecified atom stereocenters. The van der Waals surface area contributed by atoms with Crippen LogP contribution in [0.4, 0.5) is 0 Å². The van der Waals surface area contributed by atoms with Crippen LogP contribution in [0.5, 0.6) is 0 Å². The van der Waals surface area contributed by atoms with Gasteiger partial charge in [0.1, 0.15) is 0 Å². The molecule has 2 atom stereocenters. The summed E-state index contributed by atoms with van der Waals surface area (Å²) in [5, 5.41) is 3.53. The van der Waals surface area contributed by atoms with E-state index in [1.165, 1.54) is 6.42 Å². The third-order valence-corrected chi connectivity index (χ3v) is 2.82. The second-order valence-corrected chi connectivity index (χ2v) is 4.70. The van der Waals surface area contributed by atoms with Crippen LogP contribution in [0, 0.1) is 5.92 Å². The van der Waals surface area contributed by atoms with E-state index in [-0.39, 0.29) is 5.79 Å². The van der Waals surface area contributed by atoms with E-state index >= 15 is 0 Å². The Morgan fingerprint density at radius 2 is 1.77 bits per heavy atom. The topological polar surface area (TPSA) is 30.5 Å². The second-order valence-electron chi connectivity index (χ2n) is 4.70. The van der Waals surface area contributed by atoms with Crippen molar-refractivity contribution in [3.63, 3.8) is 0 Å². The summed E-state index contributed by atoms with van der Waals surface area (Å²) in [4.78, 5) is 0. The Labute approximate surface area is 79.8 Å². The second kappa shape index (κ2) is 3.23. The maximum atomic E-state index is 5.56. The number of rotatable bonds is 2. The third kappa shape index (κ3) is 2.42. The van der Waals surface area contributed by atoms with E-state index in [1.807, 2.05) is 13.8 Å². The van der Waals surface area contributed by atoms with Crippen LogP contribution >= 0.6 is 0 Å². The Hall–Kier alpha value is -0.120. The van der Waals surface area contributed by atoms with Crippen molar-refractivity contribution in [1.82, 2.24) is 5.32 Å². The van der Waals surface area contributed by atoms with Crippen LogP contribution in [0.3, 0.4) is 0 Å². The maximum Gasteiger partial charge on any atom is 0.162 e. The van der Waals surface area contributed by atoms with Crippen LogP contribution in [0.25, 0.3) is 0 Å².